The molecule has 1 aromatic heterocycles. The lowest BCUT2D eigenvalue weighted by molar-refractivity contribution is 0.539. The summed E-state index contributed by atoms with van der Waals surface area (Å²) < 4.78 is 5.50. The third kappa shape index (κ3) is 1.71. The number of nitrogens with zero attached hydrogens (tertiary/aromatic N) is 2. The van der Waals surface area contributed by atoms with E-state index in [1.165, 1.54) is 11.3 Å². The standard InChI is InChI=1S/C13H13ClN2O/c1-9-6-10-4-2-3-5-12(10)16(9)13-15-11(7-14)8-17-13/h2-5,8-9H,6-7H2,1H3. The molecule has 0 saturated carbocycles. The van der Waals surface area contributed by atoms with Crippen LogP contribution < -0.4 is 4.90 Å². The Bertz CT molecular complexity index is 538. The predicted molar refractivity (Wildman–Crippen MR) is 67.8 cm³/mol. The van der Waals surface area contributed by atoms with Gasteiger partial charge >= 0.3 is 6.01 Å². The van der Waals surface area contributed by atoms with Crippen LogP contribution in [0.25, 0.3) is 0 Å². The number of oxazole rings is 1. The van der Waals surface area contributed by atoms with Crippen molar-refractivity contribution in [1.29, 1.82) is 0 Å². The maximum atomic E-state index is 5.74. The topological polar surface area (TPSA) is 29.3 Å². The molecule has 3 nitrogen and oxygen atoms in total. The Balaban J connectivity index is 2.03. The van der Waals surface area contributed by atoms with E-state index >= 15 is 0 Å². The summed E-state index contributed by atoms with van der Waals surface area (Å²) in [5, 5.41) is 0. The molecule has 2 aromatic rings. The number of anilines is 2. The molecule has 1 aliphatic rings. The maximum absolute atomic E-state index is 5.74. The molecule has 0 radical (unpaired) electrons. The Morgan fingerprint density at radius 3 is 3.06 bits per heavy atom. The summed E-state index contributed by atoms with van der Waals surface area (Å²) in [6, 6.07) is 9.36. The Morgan fingerprint density at radius 1 is 1.47 bits per heavy atom. The molecule has 0 N–H and O–H groups in total. The molecule has 2 heterocycles. The second-order valence-electron chi connectivity index (χ2n) is 4.31. The van der Waals surface area contributed by atoms with Gasteiger partial charge in [-0.1, -0.05) is 18.2 Å². The molecule has 17 heavy (non-hydrogen) atoms. The fourth-order valence-electron chi connectivity index (χ4n) is 2.33. The van der Waals surface area contributed by atoms with Gasteiger partial charge in [-0.25, -0.2) is 0 Å². The van der Waals surface area contributed by atoms with Gasteiger partial charge in [0.15, 0.2) is 0 Å². The second kappa shape index (κ2) is 4.08. The van der Waals surface area contributed by atoms with Gasteiger partial charge in [0.05, 0.1) is 11.6 Å². The molecule has 0 aliphatic carbocycles. The van der Waals surface area contributed by atoms with E-state index in [4.69, 9.17) is 16.0 Å². The molecule has 0 saturated heterocycles. The van der Waals surface area contributed by atoms with Gasteiger partial charge in [0, 0.05) is 11.7 Å². The van der Waals surface area contributed by atoms with Crippen LogP contribution in [0.1, 0.15) is 18.2 Å². The third-order valence-corrected chi connectivity index (χ3v) is 3.36. The molecule has 0 bridgehead atoms. The van der Waals surface area contributed by atoms with E-state index in [1.54, 1.807) is 6.26 Å². The molecular formula is C13H13ClN2O. The van der Waals surface area contributed by atoms with Crippen LogP contribution in [0.3, 0.4) is 0 Å². The van der Waals surface area contributed by atoms with Crippen molar-refractivity contribution in [3.63, 3.8) is 0 Å². The van der Waals surface area contributed by atoms with E-state index in [9.17, 15) is 0 Å². The first-order chi connectivity index (χ1) is 8.29. The van der Waals surface area contributed by atoms with Crippen molar-refractivity contribution in [3.8, 4) is 0 Å². The van der Waals surface area contributed by atoms with E-state index in [0.29, 0.717) is 17.9 Å². The Morgan fingerprint density at radius 2 is 2.29 bits per heavy atom. The van der Waals surface area contributed by atoms with Crippen molar-refractivity contribution < 1.29 is 4.42 Å². The first-order valence-electron chi connectivity index (χ1n) is 5.67. The summed E-state index contributed by atoms with van der Waals surface area (Å²) in [6.07, 6.45) is 2.64. The molecule has 88 valence electrons. The van der Waals surface area contributed by atoms with E-state index in [2.05, 4.69) is 35.0 Å². The lowest BCUT2D eigenvalue weighted by atomic mass is 10.1. The molecule has 1 aliphatic heterocycles. The first kappa shape index (κ1) is 10.7. The molecule has 0 spiro atoms. The van der Waals surface area contributed by atoms with E-state index in [1.807, 2.05) is 6.07 Å². The number of benzene rings is 1. The van der Waals surface area contributed by atoms with Gasteiger partial charge < -0.3 is 4.42 Å². The predicted octanol–water partition coefficient (Wildman–Crippen LogP) is 3.50. The molecule has 3 rings (SSSR count). The Labute approximate surface area is 105 Å². The van der Waals surface area contributed by atoms with Crippen molar-refractivity contribution in [1.82, 2.24) is 4.98 Å². The average Bonchev–Trinajstić information content (AvgIpc) is 2.91. The fraction of sp³-hybridized carbons (Fsp3) is 0.308. The molecule has 0 fully saturated rings. The summed E-state index contributed by atoms with van der Waals surface area (Å²) in [5.41, 5.74) is 3.30. The van der Waals surface area contributed by atoms with E-state index in [-0.39, 0.29) is 0 Å². The zero-order chi connectivity index (χ0) is 11.8. The quantitative estimate of drug-likeness (QED) is 0.762. The van der Waals surface area contributed by atoms with Crippen LogP contribution in [0.5, 0.6) is 0 Å². The van der Waals surface area contributed by atoms with Gasteiger partial charge in [-0.2, -0.15) is 4.98 Å². The zero-order valence-corrected chi connectivity index (χ0v) is 10.3. The lowest BCUT2D eigenvalue weighted by Gasteiger charge is -2.19. The van der Waals surface area contributed by atoms with E-state index in [0.717, 1.165) is 12.1 Å². The molecule has 1 atom stereocenters. The minimum absolute atomic E-state index is 0.370. The normalized spacial score (nSPS) is 18.5. The number of fused-ring (bicyclic) bond motifs is 1. The van der Waals surface area contributed by atoms with Crippen molar-refractivity contribution in [2.75, 3.05) is 4.90 Å². The van der Waals surface area contributed by atoms with Gasteiger partial charge in [-0.3, -0.25) is 4.90 Å². The lowest BCUT2D eigenvalue weighted by Crippen LogP contribution is -2.24. The number of alkyl halides is 1. The largest absolute Gasteiger partial charge is 0.431 e. The van der Waals surface area contributed by atoms with Crippen LogP contribution in [-0.2, 0) is 12.3 Å². The summed E-state index contributed by atoms with van der Waals surface area (Å²) in [7, 11) is 0. The van der Waals surface area contributed by atoms with Crippen LogP contribution in [0.15, 0.2) is 34.9 Å². The summed E-state index contributed by atoms with van der Waals surface area (Å²) in [5.74, 6) is 0.382. The van der Waals surface area contributed by atoms with Crippen molar-refractivity contribution in [3.05, 3.63) is 41.8 Å². The number of rotatable bonds is 2. The van der Waals surface area contributed by atoms with Gasteiger partial charge in [-0.05, 0) is 25.0 Å². The van der Waals surface area contributed by atoms with Crippen molar-refractivity contribution >= 4 is 23.3 Å². The third-order valence-electron chi connectivity index (χ3n) is 3.09. The Kier molecular flexibility index (Phi) is 2.56. The molecule has 4 heteroatoms. The number of hydrogen-bond acceptors (Lipinski definition) is 3. The highest BCUT2D eigenvalue weighted by Crippen LogP contribution is 2.37. The van der Waals surface area contributed by atoms with Gasteiger partial charge in [0.2, 0.25) is 0 Å². The average molecular weight is 249 g/mol. The minimum atomic E-state index is 0.370. The highest BCUT2D eigenvalue weighted by molar-refractivity contribution is 6.16. The minimum Gasteiger partial charge on any atom is -0.431 e. The van der Waals surface area contributed by atoms with Crippen LogP contribution >= 0.6 is 11.6 Å². The van der Waals surface area contributed by atoms with Crippen molar-refractivity contribution in [2.45, 2.75) is 25.3 Å². The summed E-state index contributed by atoms with van der Waals surface area (Å²) in [4.78, 5) is 6.52. The van der Waals surface area contributed by atoms with Gasteiger partial charge in [-0.15, -0.1) is 11.6 Å². The summed E-state index contributed by atoms with van der Waals surface area (Å²) >= 11 is 5.74. The maximum Gasteiger partial charge on any atom is 0.302 e. The van der Waals surface area contributed by atoms with Crippen LogP contribution in [0.4, 0.5) is 11.7 Å². The Hall–Kier alpha value is -1.48. The monoisotopic (exact) mass is 248 g/mol. The van der Waals surface area contributed by atoms with Crippen LogP contribution in [-0.4, -0.2) is 11.0 Å². The van der Waals surface area contributed by atoms with Gasteiger partial charge in [0.1, 0.15) is 6.26 Å². The highest BCUT2D eigenvalue weighted by Gasteiger charge is 2.29. The first-order valence-corrected chi connectivity index (χ1v) is 6.20. The number of para-hydroxylation sites is 1. The van der Waals surface area contributed by atoms with Crippen molar-refractivity contribution in [2.24, 2.45) is 0 Å². The van der Waals surface area contributed by atoms with E-state index < -0.39 is 0 Å². The second-order valence-corrected chi connectivity index (χ2v) is 4.57. The molecule has 1 aromatic carbocycles. The number of hydrogen-bond donors (Lipinski definition) is 0. The van der Waals surface area contributed by atoms with Crippen LogP contribution in [0, 0.1) is 0 Å². The smallest absolute Gasteiger partial charge is 0.302 e. The van der Waals surface area contributed by atoms with Crippen LogP contribution in [0.2, 0.25) is 0 Å². The molecular weight excluding hydrogens is 236 g/mol. The SMILES string of the molecule is CC1Cc2ccccc2N1c1nc(CCl)co1. The fourth-order valence-corrected chi connectivity index (χ4v) is 2.45. The highest BCUT2D eigenvalue weighted by atomic mass is 35.5. The molecule has 0 amide bonds. The summed E-state index contributed by atoms with van der Waals surface area (Å²) in [6.45, 7) is 2.17. The number of halogens is 1. The van der Waals surface area contributed by atoms with Gasteiger partial charge in [0.25, 0.3) is 0 Å². The zero-order valence-electron chi connectivity index (χ0n) is 9.56. The number of aromatic nitrogens is 1. The molecule has 1 unspecified atom stereocenters.